The van der Waals surface area contributed by atoms with E-state index in [2.05, 4.69) is 12.3 Å². The number of halogens is 1. The van der Waals surface area contributed by atoms with Crippen molar-refractivity contribution < 1.29 is 4.39 Å². The average Bonchev–Trinajstić information content (AvgIpc) is 2.85. The Morgan fingerprint density at radius 1 is 1.33 bits per heavy atom. The molecule has 12 heavy (non-hydrogen) atoms. The minimum absolute atomic E-state index is 0.177. The summed E-state index contributed by atoms with van der Waals surface area (Å²) in [6.45, 7) is 3.58. The summed E-state index contributed by atoms with van der Waals surface area (Å²) in [6.07, 6.45) is 1.04. The SMILES string of the molecule is C=C=C1CC1c1ccc(F)cc1. The molecular weight excluding hydrogens is 151 g/mol. The third-order valence-electron chi connectivity index (χ3n) is 2.18. The third kappa shape index (κ3) is 1.19. The third-order valence-corrected chi connectivity index (χ3v) is 2.18. The molecule has 1 aromatic rings. The maximum absolute atomic E-state index is 12.5. The zero-order valence-corrected chi connectivity index (χ0v) is 6.68. The predicted molar refractivity (Wildman–Crippen MR) is 46.4 cm³/mol. The van der Waals surface area contributed by atoms with E-state index in [9.17, 15) is 4.39 Å². The zero-order chi connectivity index (χ0) is 8.55. The number of allylic oxidation sites excluding steroid dienone is 1. The number of benzene rings is 1. The molecule has 0 aliphatic heterocycles. The minimum atomic E-state index is -0.177. The Morgan fingerprint density at radius 3 is 2.50 bits per heavy atom. The first-order valence-electron chi connectivity index (χ1n) is 3.95. The van der Waals surface area contributed by atoms with Gasteiger partial charge >= 0.3 is 0 Å². The smallest absolute Gasteiger partial charge is 0.123 e. The Morgan fingerprint density at radius 2 is 2.00 bits per heavy atom. The lowest BCUT2D eigenvalue weighted by Crippen LogP contribution is -1.79. The maximum Gasteiger partial charge on any atom is 0.123 e. The van der Waals surface area contributed by atoms with Crippen LogP contribution >= 0.6 is 0 Å². The summed E-state index contributed by atoms with van der Waals surface area (Å²) < 4.78 is 12.5. The molecule has 0 N–H and O–H groups in total. The Kier molecular flexibility index (Phi) is 1.60. The van der Waals surface area contributed by atoms with Crippen LogP contribution in [0, 0.1) is 5.82 Å². The van der Waals surface area contributed by atoms with Crippen LogP contribution in [0.15, 0.2) is 42.1 Å². The van der Waals surface area contributed by atoms with E-state index in [0.29, 0.717) is 5.92 Å². The van der Waals surface area contributed by atoms with E-state index in [4.69, 9.17) is 0 Å². The highest BCUT2D eigenvalue weighted by atomic mass is 19.1. The van der Waals surface area contributed by atoms with E-state index in [0.717, 1.165) is 6.42 Å². The zero-order valence-electron chi connectivity index (χ0n) is 6.68. The first-order chi connectivity index (χ1) is 5.81. The second-order valence-electron chi connectivity index (χ2n) is 3.01. The Balaban J connectivity index is 2.26. The van der Waals surface area contributed by atoms with E-state index < -0.39 is 0 Å². The molecule has 0 heterocycles. The van der Waals surface area contributed by atoms with Crippen molar-refractivity contribution in [3.05, 3.63) is 53.5 Å². The highest BCUT2D eigenvalue weighted by Gasteiger charge is 2.30. The number of hydrogen-bond acceptors (Lipinski definition) is 0. The highest BCUT2D eigenvalue weighted by molar-refractivity contribution is 5.40. The number of hydrogen-bond donors (Lipinski definition) is 0. The summed E-state index contributed by atoms with van der Waals surface area (Å²) in [5.74, 6) is 0.284. The van der Waals surface area contributed by atoms with Crippen molar-refractivity contribution in [2.45, 2.75) is 12.3 Å². The lowest BCUT2D eigenvalue weighted by atomic mass is 10.1. The second-order valence-corrected chi connectivity index (χ2v) is 3.01. The van der Waals surface area contributed by atoms with E-state index in [1.54, 1.807) is 0 Å². The molecule has 0 amide bonds. The lowest BCUT2D eigenvalue weighted by molar-refractivity contribution is 0.627. The molecular formula is C11H9F. The fourth-order valence-electron chi connectivity index (χ4n) is 1.37. The fraction of sp³-hybridized carbons (Fsp3) is 0.182. The van der Waals surface area contributed by atoms with Crippen molar-refractivity contribution in [3.63, 3.8) is 0 Å². The molecule has 1 aliphatic carbocycles. The molecule has 1 aromatic carbocycles. The van der Waals surface area contributed by atoms with Gasteiger partial charge in [-0.05, 0) is 29.7 Å². The summed E-state index contributed by atoms with van der Waals surface area (Å²) in [5, 5.41) is 0. The van der Waals surface area contributed by atoms with Gasteiger partial charge in [0.15, 0.2) is 0 Å². The first-order valence-corrected chi connectivity index (χ1v) is 3.95. The van der Waals surface area contributed by atoms with Gasteiger partial charge in [0.05, 0.1) is 0 Å². The monoisotopic (exact) mass is 160 g/mol. The molecule has 1 heteroatoms. The molecule has 1 atom stereocenters. The molecule has 60 valence electrons. The molecule has 1 fully saturated rings. The summed E-state index contributed by atoms with van der Waals surface area (Å²) >= 11 is 0. The summed E-state index contributed by atoms with van der Waals surface area (Å²) in [4.78, 5) is 0. The summed E-state index contributed by atoms with van der Waals surface area (Å²) in [7, 11) is 0. The fourth-order valence-corrected chi connectivity index (χ4v) is 1.37. The van der Waals surface area contributed by atoms with Crippen molar-refractivity contribution in [3.8, 4) is 0 Å². The van der Waals surface area contributed by atoms with Crippen LogP contribution in [-0.4, -0.2) is 0 Å². The van der Waals surface area contributed by atoms with Crippen molar-refractivity contribution in [1.82, 2.24) is 0 Å². The standard InChI is InChI=1S/C11H9F/c1-2-8-7-11(8)9-3-5-10(12)6-4-9/h3-6,11H,1,7H2. The normalized spacial score (nSPS) is 20.4. The molecule has 0 radical (unpaired) electrons. The van der Waals surface area contributed by atoms with Gasteiger partial charge in [0.1, 0.15) is 5.82 Å². The predicted octanol–water partition coefficient (Wildman–Crippen LogP) is 3.02. The maximum atomic E-state index is 12.5. The molecule has 2 rings (SSSR count). The van der Waals surface area contributed by atoms with Crippen LogP contribution in [0.3, 0.4) is 0 Å². The average molecular weight is 160 g/mol. The van der Waals surface area contributed by atoms with Gasteiger partial charge in [0, 0.05) is 5.92 Å². The van der Waals surface area contributed by atoms with Crippen LogP contribution in [0.4, 0.5) is 4.39 Å². The summed E-state index contributed by atoms with van der Waals surface area (Å²) in [6, 6.07) is 6.64. The van der Waals surface area contributed by atoms with Gasteiger partial charge in [-0.15, -0.1) is 5.73 Å². The largest absolute Gasteiger partial charge is 0.207 e. The molecule has 1 unspecified atom stereocenters. The van der Waals surface area contributed by atoms with Crippen molar-refractivity contribution >= 4 is 0 Å². The Bertz CT molecular complexity index is 342. The van der Waals surface area contributed by atoms with E-state index in [1.165, 1.54) is 23.3 Å². The van der Waals surface area contributed by atoms with Gasteiger partial charge in [0.25, 0.3) is 0 Å². The van der Waals surface area contributed by atoms with E-state index >= 15 is 0 Å². The van der Waals surface area contributed by atoms with Crippen LogP contribution in [0.5, 0.6) is 0 Å². The molecule has 0 bridgehead atoms. The van der Waals surface area contributed by atoms with Gasteiger partial charge in [-0.2, -0.15) is 0 Å². The second kappa shape index (κ2) is 2.62. The van der Waals surface area contributed by atoms with Crippen LogP contribution < -0.4 is 0 Å². The molecule has 1 saturated carbocycles. The van der Waals surface area contributed by atoms with E-state index in [1.807, 2.05) is 12.1 Å². The van der Waals surface area contributed by atoms with Crippen LogP contribution in [0.1, 0.15) is 17.9 Å². The molecule has 1 aliphatic rings. The van der Waals surface area contributed by atoms with Crippen LogP contribution in [0.25, 0.3) is 0 Å². The quantitative estimate of drug-likeness (QED) is 0.554. The molecule has 0 nitrogen and oxygen atoms in total. The first kappa shape index (κ1) is 7.33. The lowest BCUT2D eigenvalue weighted by Gasteiger charge is -1.94. The van der Waals surface area contributed by atoms with Crippen molar-refractivity contribution in [2.24, 2.45) is 0 Å². The van der Waals surface area contributed by atoms with Crippen molar-refractivity contribution in [2.75, 3.05) is 0 Å². The van der Waals surface area contributed by atoms with Crippen LogP contribution in [-0.2, 0) is 0 Å². The van der Waals surface area contributed by atoms with E-state index in [-0.39, 0.29) is 5.82 Å². The van der Waals surface area contributed by atoms with Gasteiger partial charge in [0.2, 0.25) is 0 Å². The summed E-state index contributed by atoms with van der Waals surface area (Å²) in [5.41, 5.74) is 5.28. The van der Waals surface area contributed by atoms with Crippen LogP contribution in [0.2, 0.25) is 0 Å². The van der Waals surface area contributed by atoms with Gasteiger partial charge in [-0.3, -0.25) is 0 Å². The molecule has 0 spiro atoms. The highest BCUT2D eigenvalue weighted by Crippen LogP contribution is 2.45. The number of rotatable bonds is 1. The van der Waals surface area contributed by atoms with Crippen molar-refractivity contribution in [1.29, 1.82) is 0 Å². The van der Waals surface area contributed by atoms with Gasteiger partial charge in [-0.25, -0.2) is 4.39 Å². The molecule has 0 saturated heterocycles. The van der Waals surface area contributed by atoms with Gasteiger partial charge in [-0.1, -0.05) is 18.7 Å². The Labute approximate surface area is 71.0 Å². The minimum Gasteiger partial charge on any atom is -0.207 e. The van der Waals surface area contributed by atoms with Gasteiger partial charge < -0.3 is 0 Å². The Hall–Kier alpha value is -1.33. The molecule has 0 aromatic heterocycles. The topological polar surface area (TPSA) is 0 Å².